The summed E-state index contributed by atoms with van der Waals surface area (Å²) in [6.45, 7) is 3.00. The van der Waals surface area contributed by atoms with Crippen LogP contribution < -0.4 is 5.73 Å². The summed E-state index contributed by atoms with van der Waals surface area (Å²) < 4.78 is 5.30. The summed E-state index contributed by atoms with van der Waals surface area (Å²) in [5.74, 6) is 0. The van der Waals surface area contributed by atoms with Crippen LogP contribution in [0.25, 0.3) is 0 Å². The lowest BCUT2D eigenvalue weighted by Gasteiger charge is -2.13. The summed E-state index contributed by atoms with van der Waals surface area (Å²) in [5.41, 5.74) is 6.64. The van der Waals surface area contributed by atoms with Gasteiger partial charge in [-0.3, -0.25) is 4.90 Å². The number of thiazole rings is 1. The molecular formula is C9H15N3OS. The Morgan fingerprint density at radius 1 is 1.79 bits per heavy atom. The predicted octanol–water partition coefficient (Wildman–Crippen LogP) is 0.946. The van der Waals surface area contributed by atoms with Crippen molar-refractivity contribution >= 4 is 16.5 Å². The largest absolute Gasteiger partial charge is 0.380 e. The predicted molar refractivity (Wildman–Crippen MR) is 57.2 cm³/mol. The maximum Gasteiger partial charge on any atom is 0.180 e. The van der Waals surface area contributed by atoms with Crippen LogP contribution in [0.1, 0.15) is 12.1 Å². The molecule has 1 aliphatic heterocycles. The molecular weight excluding hydrogens is 198 g/mol. The second-order valence-corrected chi connectivity index (χ2v) is 4.45. The van der Waals surface area contributed by atoms with Crippen molar-refractivity contribution in [3.8, 4) is 0 Å². The van der Waals surface area contributed by atoms with Gasteiger partial charge in [0.2, 0.25) is 0 Å². The Kier molecular flexibility index (Phi) is 3.00. The molecule has 2 heterocycles. The molecule has 0 spiro atoms. The maximum absolute atomic E-state index is 5.57. The van der Waals surface area contributed by atoms with Gasteiger partial charge in [0.1, 0.15) is 0 Å². The first kappa shape index (κ1) is 9.89. The zero-order valence-corrected chi connectivity index (χ0v) is 9.09. The first-order valence-corrected chi connectivity index (χ1v) is 5.61. The van der Waals surface area contributed by atoms with Gasteiger partial charge in [0.25, 0.3) is 0 Å². The maximum atomic E-state index is 5.57. The number of nitrogens with two attached hydrogens (primary N) is 1. The molecule has 5 heteroatoms. The first-order chi connectivity index (χ1) is 6.78. The van der Waals surface area contributed by atoms with E-state index < -0.39 is 0 Å². The molecule has 4 nitrogen and oxygen atoms in total. The summed E-state index contributed by atoms with van der Waals surface area (Å²) in [6.07, 6.45) is 1.52. The van der Waals surface area contributed by atoms with Gasteiger partial charge in [0.05, 0.1) is 11.8 Å². The average molecular weight is 213 g/mol. The Bertz CT molecular complexity index is 302. The molecule has 2 rings (SSSR count). The van der Waals surface area contributed by atoms with E-state index in [2.05, 4.69) is 9.88 Å². The number of hydrogen-bond acceptors (Lipinski definition) is 5. The van der Waals surface area contributed by atoms with E-state index in [0.717, 1.165) is 31.7 Å². The minimum atomic E-state index is 0.394. The van der Waals surface area contributed by atoms with Crippen molar-refractivity contribution in [2.24, 2.45) is 0 Å². The fourth-order valence-electron chi connectivity index (χ4n) is 1.76. The molecule has 1 aliphatic rings. The van der Waals surface area contributed by atoms with Crippen molar-refractivity contribution in [2.75, 3.05) is 25.9 Å². The minimum Gasteiger partial charge on any atom is -0.380 e. The monoisotopic (exact) mass is 213 g/mol. The molecule has 0 aliphatic carbocycles. The smallest absolute Gasteiger partial charge is 0.180 e. The van der Waals surface area contributed by atoms with Gasteiger partial charge < -0.3 is 10.5 Å². The van der Waals surface area contributed by atoms with Crippen molar-refractivity contribution in [3.05, 3.63) is 11.1 Å². The summed E-state index contributed by atoms with van der Waals surface area (Å²) in [4.78, 5) is 6.59. The number of hydrogen-bond donors (Lipinski definition) is 1. The third kappa shape index (κ3) is 2.23. The second kappa shape index (κ2) is 4.25. The van der Waals surface area contributed by atoms with Gasteiger partial charge in [-0.25, -0.2) is 4.98 Å². The number of likely N-dealkylation sites (tertiary alicyclic amines) is 1. The van der Waals surface area contributed by atoms with Crippen LogP contribution in [-0.4, -0.2) is 36.2 Å². The number of nitrogens with zero attached hydrogens (tertiary/aromatic N) is 2. The lowest BCUT2D eigenvalue weighted by Crippen LogP contribution is -2.22. The highest BCUT2D eigenvalue weighted by atomic mass is 32.1. The van der Waals surface area contributed by atoms with Crippen LogP contribution in [0.3, 0.4) is 0 Å². The van der Waals surface area contributed by atoms with Gasteiger partial charge in [-0.15, -0.1) is 11.3 Å². The highest BCUT2D eigenvalue weighted by molar-refractivity contribution is 7.13. The third-order valence-electron chi connectivity index (χ3n) is 2.52. The van der Waals surface area contributed by atoms with E-state index in [4.69, 9.17) is 10.5 Å². The SMILES string of the molecule is COC1CCN(Cc2csc(N)n2)C1. The van der Waals surface area contributed by atoms with Crippen LogP contribution in [0.15, 0.2) is 5.38 Å². The fraction of sp³-hybridized carbons (Fsp3) is 0.667. The Labute approximate surface area is 87.7 Å². The van der Waals surface area contributed by atoms with E-state index >= 15 is 0 Å². The Morgan fingerprint density at radius 3 is 3.21 bits per heavy atom. The Hall–Kier alpha value is -0.650. The number of methoxy groups -OCH3 is 1. The number of anilines is 1. The van der Waals surface area contributed by atoms with E-state index in [0.29, 0.717) is 11.2 Å². The summed E-state index contributed by atoms with van der Waals surface area (Å²) in [5, 5.41) is 2.68. The lowest BCUT2D eigenvalue weighted by molar-refractivity contribution is 0.107. The van der Waals surface area contributed by atoms with Crippen LogP contribution in [0.4, 0.5) is 5.13 Å². The van der Waals surface area contributed by atoms with Crippen LogP contribution in [0, 0.1) is 0 Å². The van der Waals surface area contributed by atoms with Crippen molar-refractivity contribution in [3.63, 3.8) is 0 Å². The molecule has 1 saturated heterocycles. The van der Waals surface area contributed by atoms with Crippen LogP contribution in [0.5, 0.6) is 0 Å². The molecule has 1 fully saturated rings. The lowest BCUT2D eigenvalue weighted by atomic mass is 10.3. The van der Waals surface area contributed by atoms with Crippen LogP contribution in [-0.2, 0) is 11.3 Å². The Morgan fingerprint density at radius 2 is 2.64 bits per heavy atom. The van der Waals surface area contributed by atoms with Gasteiger partial charge in [-0.05, 0) is 6.42 Å². The average Bonchev–Trinajstić information content (AvgIpc) is 2.76. The fourth-order valence-corrected chi connectivity index (χ4v) is 2.31. The number of ether oxygens (including phenoxy) is 1. The number of aromatic nitrogens is 1. The van der Waals surface area contributed by atoms with Gasteiger partial charge in [-0.1, -0.05) is 0 Å². The van der Waals surface area contributed by atoms with Crippen molar-refractivity contribution in [1.82, 2.24) is 9.88 Å². The van der Waals surface area contributed by atoms with E-state index in [9.17, 15) is 0 Å². The number of nitrogen functional groups attached to an aromatic ring is 1. The summed E-state index contributed by atoms with van der Waals surface area (Å²) in [7, 11) is 1.77. The molecule has 1 aromatic heterocycles. The molecule has 0 radical (unpaired) electrons. The highest BCUT2D eigenvalue weighted by Crippen LogP contribution is 2.17. The third-order valence-corrected chi connectivity index (χ3v) is 3.24. The topological polar surface area (TPSA) is 51.4 Å². The molecule has 0 saturated carbocycles. The van der Waals surface area contributed by atoms with E-state index in [1.54, 1.807) is 7.11 Å². The zero-order valence-electron chi connectivity index (χ0n) is 8.27. The highest BCUT2D eigenvalue weighted by Gasteiger charge is 2.22. The molecule has 1 unspecified atom stereocenters. The summed E-state index contributed by atoms with van der Waals surface area (Å²) >= 11 is 1.50. The first-order valence-electron chi connectivity index (χ1n) is 4.73. The normalized spacial score (nSPS) is 23.1. The molecule has 1 aromatic rings. The molecule has 0 amide bonds. The molecule has 0 bridgehead atoms. The second-order valence-electron chi connectivity index (χ2n) is 3.56. The quantitative estimate of drug-likeness (QED) is 0.812. The van der Waals surface area contributed by atoms with Crippen molar-refractivity contribution < 1.29 is 4.74 Å². The van der Waals surface area contributed by atoms with E-state index in [-0.39, 0.29) is 0 Å². The zero-order chi connectivity index (χ0) is 9.97. The molecule has 2 N–H and O–H groups in total. The molecule has 1 atom stereocenters. The van der Waals surface area contributed by atoms with Gasteiger partial charge >= 0.3 is 0 Å². The summed E-state index contributed by atoms with van der Waals surface area (Å²) in [6, 6.07) is 0. The van der Waals surface area contributed by atoms with Crippen LogP contribution >= 0.6 is 11.3 Å². The minimum absolute atomic E-state index is 0.394. The van der Waals surface area contributed by atoms with Gasteiger partial charge in [-0.2, -0.15) is 0 Å². The molecule has 78 valence electrons. The van der Waals surface area contributed by atoms with Crippen LogP contribution in [0.2, 0.25) is 0 Å². The standard InChI is InChI=1S/C9H15N3OS/c1-13-8-2-3-12(5-8)4-7-6-14-9(10)11-7/h6,8H,2-5H2,1H3,(H2,10,11). The molecule has 14 heavy (non-hydrogen) atoms. The van der Waals surface area contributed by atoms with Gasteiger partial charge in [0.15, 0.2) is 5.13 Å². The van der Waals surface area contributed by atoms with Crippen molar-refractivity contribution in [2.45, 2.75) is 19.1 Å². The number of rotatable bonds is 3. The Balaban J connectivity index is 1.87. The van der Waals surface area contributed by atoms with Gasteiger partial charge in [0, 0.05) is 32.1 Å². The van der Waals surface area contributed by atoms with E-state index in [1.807, 2.05) is 5.38 Å². The van der Waals surface area contributed by atoms with E-state index in [1.165, 1.54) is 11.3 Å². The molecule has 0 aromatic carbocycles. The van der Waals surface area contributed by atoms with Crippen molar-refractivity contribution in [1.29, 1.82) is 0 Å².